The van der Waals surface area contributed by atoms with Gasteiger partial charge in [-0.3, -0.25) is 9.52 Å². The fourth-order valence-electron chi connectivity index (χ4n) is 4.53. The highest BCUT2D eigenvalue weighted by atomic mass is 35.5. The van der Waals surface area contributed by atoms with Gasteiger partial charge in [0.15, 0.2) is 5.82 Å². The lowest BCUT2D eigenvalue weighted by molar-refractivity contribution is -0.134. The largest absolute Gasteiger partial charge is 0.495 e. The molecule has 2 saturated heterocycles. The zero-order valence-electron chi connectivity index (χ0n) is 19.1. The number of hydrogen-bond donors (Lipinski definition) is 1. The highest BCUT2D eigenvalue weighted by Gasteiger charge is 2.44. The third-order valence-corrected chi connectivity index (χ3v) is 7.90. The van der Waals surface area contributed by atoms with Crippen molar-refractivity contribution < 1.29 is 31.6 Å². The molecular weight excluding hydrogens is 515 g/mol. The Bertz CT molecular complexity index is 1390. The molecule has 5 rings (SSSR count). The van der Waals surface area contributed by atoms with E-state index in [1.54, 1.807) is 24.3 Å². The molecule has 13 heteroatoms. The first-order valence-electron chi connectivity index (χ1n) is 11.0. The number of amides is 1. The van der Waals surface area contributed by atoms with Crippen LogP contribution in [0, 0.1) is 5.82 Å². The van der Waals surface area contributed by atoms with Gasteiger partial charge in [0.25, 0.3) is 5.91 Å². The minimum absolute atomic E-state index is 0.00692. The van der Waals surface area contributed by atoms with Crippen LogP contribution in [0.5, 0.6) is 5.75 Å². The predicted octanol–water partition coefficient (Wildman–Crippen LogP) is 3.31. The summed E-state index contributed by atoms with van der Waals surface area (Å²) in [7, 11) is -2.49. The Kier molecular flexibility index (Phi) is 6.60. The van der Waals surface area contributed by atoms with E-state index in [1.165, 1.54) is 40.8 Å². The van der Waals surface area contributed by atoms with Crippen LogP contribution in [0.25, 0.3) is 11.1 Å². The van der Waals surface area contributed by atoms with Crippen LogP contribution in [0.2, 0.25) is 5.02 Å². The van der Waals surface area contributed by atoms with Gasteiger partial charge in [0, 0.05) is 35.8 Å². The average molecular weight is 537 g/mol. The van der Waals surface area contributed by atoms with Crippen LogP contribution >= 0.6 is 11.6 Å². The van der Waals surface area contributed by atoms with E-state index in [1.807, 2.05) is 0 Å². The monoisotopic (exact) mass is 536 g/mol. The second-order valence-corrected chi connectivity index (χ2v) is 10.4. The molecule has 0 radical (unpaired) electrons. The quantitative estimate of drug-likeness (QED) is 0.514. The van der Waals surface area contributed by atoms with E-state index in [0.717, 1.165) is 0 Å². The number of aromatic nitrogens is 1. The molecule has 2 atom stereocenters. The molecule has 2 aliphatic rings. The van der Waals surface area contributed by atoms with E-state index in [-0.39, 0.29) is 49.1 Å². The van der Waals surface area contributed by atoms with Gasteiger partial charge in [0.2, 0.25) is 0 Å². The Morgan fingerprint density at radius 2 is 2.08 bits per heavy atom. The molecule has 2 aliphatic heterocycles. The fraction of sp³-hybridized carbons (Fsp3) is 0.304. The zero-order valence-corrected chi connectivity index (χ0v) is 20.6. The van der Waals surface area contributed by atoms with Crippen molar-refractivity contribution in [1.29, 1.82) is 0 Å². The van der Waals surface area contributed by atoms with Gasteiger partial charge >= 0.3 is 10.2 Å². The number of carbonyl (C=O) groups excluding carboxylic acids is 1. The van der Waals surface area contributed by atoms with Crippen molar-refractivity contribution in [1.82, 2.24) is 9.46 Å². The van der Waals surface area contributed by atoms with Gasteiger partial charge in [0.1, 0.15) is 24.4 Å². The average Bonchev–Trinajstić information content (AvgIpc) is 3.36. The first-order chi connectivity index (χ1) is 17.3. The summed E-state index contributed by atoms with van der Waals surface area (Å²) in [5.41, 5.74) is 1.09. The molecule has 2 aromatic carbocycles. The summed E-state index contributed by atoms with van der Waals surface area (Å²) < 4.78 is 60.4. The second kappa shape index (κ2) is 9.69. The summed E-state index contributed by atoms with van der Waals surface area (Å²) in [4.78, 5) is 14.4. The number of morpholine rings is 1. The van der Waals surface area contributed by atoms with Crippen LogP contribution in [-0.2, 0) is 19.7 Å². The number of methoxy groups -OCH3 is 1. The molecule has 0 unspecified atom stereocenters. The van der Waals surface area contributed by atoms with E-state index in [0.29, 0.717) is 16.3 Å². The number of benzene rings is 2. The number of piperidine rings is 1. The Hall–Kier alpha value is -3.19. The van der Waals surface area contributed by atoms with Gasteiger partial charge in [-0.1, -0.05) is 28.9 Å². The van der Waals surface area contributed by atoms with Crippen molar-refractivity contribution in [2.75, 3.05) is 36.4 Å². The molecule has 0 bridgehead atoms. The van der Waals surface area contributed by atoms with Crippen molar-refractivity contribution >= 4 is 39.2 Å². The molecule has 10 nitrogen and oxygen atoms in total. The molecule has 190 valence electrons. The number of rotatable bonds is 6. The number of hydrogen-bond acceptors (Lipinski definition) is 7. The lowest BCUT2D eigenvalue weighted by Gasteiger charge is -2.46. The summed E-state index contributed by atoms with van der Waals surface area (Å²) in [6.45, 7) is -0.188. The van der Waals surface area contributed by atoms with E-state index in [2.05, 4.69) is 14.4 Å². The molecule has 36 heavy (non-hydrogen) atoms. The maximum absolute atomic E-state index is 15.3. The van der Waals surface area contributed by atoms with Crippen molar-refractivity contribution in [3.05, 3.63) is 59.6 Å². The number of anilines is 2. The summed E-state index contributed by atoms with van der Waals surface area (Å²) in [6, 6.07) is 10.4. The van der Waals surface area contributed by atoms with Gasteiger partial charge in [0.05, 0.1) is 24.9 Å². The summed E-state index contributed by atoms with van der Waals surface area (Å²) in [5.74, 6) is -0.580. The minimum Gasteiger partial charge on any atom is -0.495 e. The topological polar surface area (TPSA) is 114 Å². The molecular formula is C23H22ClFN4O6S. The SMILES string of the molecule is COc1cc(-c2cccc(Cl)c2)c(F)cc1N1C(=O)CO[C@@H]2CN(S(=O)(=O)Nc3ccon3)CC[C@H]21. The van der Waals surface area contributed by atoms with Gasteiger partial charge < -0.3 is 18.9 Å². The van der Waals surface area contributed by atoms with Gasteiger partial charge in [-0.15, -0.1) is 0 Å². The third-order valence-electron chi connectivity index (χ3n) is 6.18. The van der Waals surface area contributed by atoms with E-state index in [4.69, 9.17) is 21.1 Å². The van der Waals surface area contributed by atoms with Gasteiger partial charge in [-0.2, -0.15) is 12.7 Å². The Morgan fingerprint density at radius 3 is 2.81 bits per heavy atom. The van der Waals surface area contributed by atoms with Crippen LogP contribution < -0.4 is 14.4 Å². The van der Waals surface area contributed by atoms with Crippen molar-refractivity contribution in [2.24, 2.45) is 0 Å². The van der Waals surface area contributed by atoms with E-state index < -0.39 is 28.2 Å². The van der Waals surface area contributed by atoms with Crippen LogP contribution in [-0.4, -0.2) is 62.7 Å². The van der Waals surface area contributed by atoms with Gasteiger partial charge in [-0.25, -0.2) is 4.39 Å². The van der Waals surface area contributed by atoms with Crippen molar-refractivity contribution in [3.8, 4) is 16.9 Å². The number of halogens is 2. The molecule has 1 amide bonds. The molecule has 2 fully saturated rings. The maximum Gasteiger partial charge on any atom is 0.302 e. The number of fused-ring (bicyclic) bond motifs is 1. The maximum atomic E-state index is 15.3. The van der Waals surface area contributed by atoms with E-state index in [9.17, 15) is 13.2 Å². The predicted molar refractivity (Wildman–Crippen MR) is 130 cm³/mol. The van der Waals surface area contributed by atoms with E-state index >= 15 is 4.39 Å². The fourth-order valence-corrected chi connectivity index (χ4v) is 5.91. The number of ether oxygens (including phenoxy) is 2. The highest BCUT2D eigenvalue weighted by molar-refractivity contribution is 7.90. The van der Waals surface area contributed by atoms with Crippen LogP contribution in [0.3, 0.4) is 0 Å². The Labute approximate surface area is 211 Å². The number of nitrogens with one attached hydrogen (secondary N) is 1. The standard InChI is InChI=1S/C23H22ClFN4O6S/c1-33-20-10-16(14-3-2-4-15(24)9-14)17(25)11-19(20)29-18-5-7-28(12-21(18)34-13-23(29)30)36(31,32)27-22-6-8-35-26-22/h2-4,6,8-11,18,21H,5,7,12-13H2,1H3,(H,26,27)/t18-,21-/m1/s1. The van der Waals surface area contributed by atoms with Gasteiger partial charge in [-0.05, 0) is 30.2 Å². The molecule has 3 aromatic rings. The van der Waals surface area contributed by atoms with Crippen LogP contribution in [0.15, 0.2) is 53.3 Å². The van der Waals surface area contributed by atoms with Crippen molar-refractivity contribution in [2.45, 2.75) is 18.6 Å². The lowest BCUT2D eigenvalue weighted by Crippen LogP contribution is -2.62. The molecule has 0 aliphatic carbocycles. The second-order valence-electron chi connectivity index (χ2n) is 8.33. The lowest BCUT2D eigenvalue weighted by atomic mass is 9.97. The van der Waals surface area contributed by atoms with Crippen LogP contribution in [0.4, 0.5) is 15.9 Å². The Morgan fingerprint density at radius 1 is 1.25 bits per heavy atom. The first kappa shape index (κ1) is 24.5. The molecule has 3 heterocycles. The van der Waals surface area contributed by atoms with Crippen LogP contribution in [0.1, 0.15) is 6.42 Å². The summed E-state index contributed by atoms with van der Waals surface area (Å²) in [5, 5.41) is 4.03. The normalized spacial score (nSPS) is 20.8. The Balaban J connectivity index is 1.43. The molecule has 0 saturated carbocycles. The highest BCUT2D eigenvalue weighted by Crippen LogP contribution is 2.40. The first-order valence-corrected chi connectivity index (χ1v) is 12.8. The molecule has 1 N–H and O–H groups in total. The number of carbonyl (C=O) groups is 1. The molecule has 1 aromatic heterocycles. The summed E-state index contributed by atoms with van der Waals surface area (Å²) in [6.07, 6.45) is 0.879. The third kappa shape index (κ3) is 4.64. The minimum atomic E-state index is -3.93. The summed E-state index contributed by atoms with van der Waals surface area (Å²) >= 11 is 6.07. The number of nitrogens with zero attached hydrogens (tertiary/aromatic N) is 3. The van der Waals surface area contributed by atoms with Crippen molar-refractivity contribution in [3.63, 3.8) is 0 Å². The zero-order chi connectivity index (χ0) is 25.4. The molecule has 0 spiro atoms. The smallest absolute Gasteiger partial charge is 0.302 e.